The fourth-order valence-electron chi connectivity index (χ4n) is 7.34. The number of benzene rings is 2. The summed E-state index contributed by atoms with van der Waals surface area (Å²) in [7, 11) is -3.61. The fraction of sp³-hybridized carbons (Fsp3) is 0.438. The first-order chi connectivity index (χ1) is 19.1. The number of carbonyl (C=O) groups excluding carboxylic acids is 1. The van der Waals surface area contributed by atoms with Crippen molar-refractivity contribution < 1.29 is 22.4 Å². The molecule has 3 aliphatic rings. The van der Waals surface area contributed by atoms with E-state index in [4.69, 9.17) is 9.15 Å². The van der Waals surface area contributed by atoms with Gasteiger partial charge in [-0.05, 0) is 73.8 Å². The number of sulfonamides is 1. The maximum atomic E-state index is 13.2. The van der Waals surface area contributed by atoms with E-state index in [1.807, 2.05) is 61.5 Å². The van der Waals surface area contributed by atoms with Gasteiger partial charge in [-0.3, -0.25) is 4.79 Å². The zero-order valence-corrected chi connectivity index (χ0v) is 24.1. The second-order valence-corrected chi connectivity index (χ2v) is 13.8. The highest BCUT2D eigenvalue weighted by Gasteiger charge is 2.72. The van der Waals surface area contributed by atoms with Crippen molar-refractivity contribution in [2.75, 3.05) is 12.4 Å². The Morgan fingerprint density at radius 3 is 2.75 bits per heavy atom. The molecule has 1 saturated heterocycles. The van der Waals surface area contributed by atoms with Gasteiger partial charge in [0.1, 0.15) is 11.5 Å². The largest absolute Gasteiger partial charge is 0.493 e. The van der Waals surface area contributed by atoms with Crippen LogP contribution >= 0.6 is 0 Å². The molecule has 3 aromatic rings. The van der Waals surface area contributed by atoms with Crippen molar-refractivity contribution in [1.82, 2.24) is 9.29 Å². The van der Waals surface area contributed by atoms with Crippen LogP contribution in [0, 0.1) is 23.7 Å². The lowest BCUT2D eigenvalue weighted by Crippen LogP contribution is -2.43. The molecular weight excluding hydrogens is 524 g/mol. The molecule has 1 unspecified atom stereocenters. The van der Waals surface area contributed by atoms with Gasteiger partial charge in [0, 0.05) is 23.5 Å². The summed E-state index contributed by atoms with van der Waals surface area (Å²) in [5.74, 6) is 2.28. The van der Waals surface area contributed by atoms with Gasteiger partial charge in [0.05, 0.1) is 24.1 Å². The average molecular weight is 561 g/mol. The lowest BCUT2D eigenvalue weighted by atomic mass is 9.69. The SMILES string of the molecule is Cc1oc(-c2ccccc2)nc1CCOc1cccc(C/C=C\C(=O)N2[C@@H]3CC4CC[C@]3(CS2(=O)=O)C4(C)C)c1. The molecule has 1 aromatic heterocycles. The summed E-state index contributed by atoms with van der Waals surface area (Å²) in [6.07, 6.45) is 7.04. The molecule has 3 fully saturated rings. The molecule has 1 amide bonds. The first-order valence-electron chi connectivity index (χ1n) is 14.1. The minimum absolute atomic E-state index is 0.0551. The Kier molecular flexibility index (Phi) is 6.64. The number of hydrogen-bond acceptors (Lipinski definition) is 6. The molecule has 2 aromatic carbocycles. The smallest absolute Gasteiger partial charge is 0.260 e. The number of amides is 1. The van der Waals surface area contributed by atoms with Crippen LogP contribution in [0.3, 0.4) is 0 Å². The minimum Gasteiger partial charge on any atom is -0.493 e. The number of allylic oxidation sites excluding steroid dienone is 1. The van der Waals surface area contributed by atoms with Crippen molar-refractivity contribution in [3.63, 3.8) is 0 Å². The number of ether oxygens (including phenoxy) is 1. The van der Waals surface area contributed by atoms with Gasteiger partial charge in [-0.15, -0.1) is 0 Å². The van der Waals surface area contributed by atoms with Gasteiger partial charge in [-0.1, -0.05) is 50.3 Å². The fourth-order valence-corrected chi connectivity index (χ4v) is 9.85. The number of carbonyl (C=O) groups is 1. The van der Waals surface area contributed by atoms with Crippen LogP contribution in [0.25, 0.3) is 11.5 Å². The van der Waals surface area contributed by atoms with Crippen LogP contribution in [-0.4, -0.2) is 42.0 Å². The lowest BCUT2D eigenvalue weighted by Gasteiger charge is -2.36. The average Bonchev–Trinajstić information content (AvgIpc) is 3.55. The normalized spacial score (nSPS) is 25.9. The van der Waals surface area contributed by atoms with Gasteiger partial charge in [0.15, 0.2) is 0 Å². The van der Waals surface area contributed by atoms with Crippen molar-refractivity contribution in [3.8, 4) is 17.2 Å². The van der Waals surface area contributed by atoms with Crippen LogP contribution in [0.15, 0.2) is 71.2 Å². The first kappa shape index (κ1) is 26.8. The second kappa shape index (κ2) is 9.91. The van der Waals surface area contributed by atoms with E-state index in [0.29, 0.717) is 31.3 Å². The summed E-state index contributed by atoms with van der Waals surface area (Å²) in [6, 6.07) is 17.3. The van der Waals surface area contributed by atoms with E-state index < -0.39 is 15.9 Å². The van der Waals surface area contributed by atoms with E-state index in [-0.39, 0.29) is 22.6 Å². The summed E-state index contributed by atoms with van der Waals surface area (Å²) >= 11 is 0. The van der Waals surface area contributed by atoms with Crippen LogP contribution < -0.4 is 4.74 Å². The standard InChI is InChI=1S/C32H36N2O5S/c1-22-27(33-30(39-22)24-11-5-4-6-12-24)16-18-38-26-13-7-9-23(19-26)10-8-14-29(35)34-28-20-25-15-17-32(28,31(25,2)3)21-40(34,36)37/h4-9,11-14,19,25,28H,10,15-18,20-21H2,1-3H3/b14-8-/t25?,28-,32-/m1/s1. The van der Waals surface area contributed by atoms with Gasteiger partial charge in [-0.25, -0.2) is 17.7 Å². The molecule has 6 rings (SSSR count). The summed E-state index contributed by atoms with van der Waals surface area (Å²) < 4.78 is 39.3. The highest BCUT2D eigenvalue weighted by Crippen LogP contribution is 2.69. The number of oxazole rings is 1. The quantitative estimate of drug-likeness (QED) is 0.327. The zero-order valence-electron chi connectivity index (χ0n) is 23.3. The van der Waals surface area contributed by atoms with E-state index >= 15 is 0 Å². The van der Waals surface area contributed by atoms with Crippen molar-refractivity contribution in [1.29, 1.82) is 0 Å². The summed E-state index contributed by atoms with van der Waals surface area (Å²) in [5, 5.41) is 0. The monoisotopic (exact) mass is 560 g/mol. The molecule has 0 radical (unpaired) electrons. The number of aromatic nitrogens is 1. The molecule has 3 atom stereocenters. The van der Waals surface area contributed by atoms with Crippen molar-refractivity contribution in [2.45, 2.75) is 58.9 Å². The molecule has 7 nitrogen and oxygen atoms in total. The Balaban J connectivity index is 1.06. The van der Waals surface area contributed by atoms with Gasteiger partial charge in [0.2, 0.25) is 15.9 Å². The molecule has 8 heteroatoms. The van der Waals surface area contributed by atoms with E-state index in [1.54, 1.807) is 6.08 Å². The predicted molar refractivity (Wildman–Crippen MR) is 153 cm³/mol. The van der Waals surface area contributed by atoms with Crippen LogP contribution in [-0.2, 0) is 27.7 Å². The van der Waals surface area contributed by atoms with Crippen molar-refractivity contribution in [2.24, 2.45) is 16.7 Å². The summed E-state index contributed by atoms with van der Waals surface area (Å²) in [4.78, 5) is 17.8. The summed E-state index contributed by atoms with van der Waals surface area (Å²) in [6.45, 7) is 6.74. The van der Waals surface area contributed by atoms with E-state index in [9.17, 15) is 13.2 Å². The van der Waals surface area contributed by atoms with Crippen LogP contribution in [0.4, 0.5) is 0 Å². The lowest BCUT2D eigenvalue weighted by molar-refractivity contribution is -0.124. The Morgan fingerprint density at radius 2 is 1.98 bits per heavy atom. The van der Waals surface area contributed by atoms with Gasteiger partial charge < -0.3 is 9.15 Å². The Bertz CT molecular complexity index is 1560. The molecule has 2 heterocycles. The Morgan fingerprint density at radius 1 is 1.18 bits per heavy atom. The maximum Gasteiger partial charge on any atom is 0.260 e. The van der Waals surface area contributed by atoms with Crippen LogP contribution in [0.1, 0.15) is 50.1 Å². The molecule has 1 aliphatic heterocycles. The van der Waals surface area contributed by atoms with Gasteiger partial charge in [0.25, 0.3) is 5.91 Å². The molecular formula is C32H36N2O5S. The highest BCUT2D eigenvalue weighted by atomic mass is 32.2. The first-order valence-corrected chi connectivity index (χ1v) is 15.7. The van der Waals surface area contributed by atoms with E-state index in [2.05, 4.69) is 18.8 Å². The molecule has 0 N–H and O–H groups in total. The highest BCUT2D eigenvalue weighted by molar-refractivity contribution is 7.90. The molecule has 210 valence electrons. The topological polar surface area (TPSA) is 89.7 Å². The molecule has 2 bridgehead atoms. The zero-order chi connectivity index (χ0) is 28.1. The molecule has 1 spiro atoms. The van der Waals surface area contributed by atoms with E-state index in [0.717, 1.165) is 47.6 Å². The number of nitrogens with zero attached hydrogens (tertiary/aromatic N) is 2. The minimum atomic E-state index is -3.61. The van der Waals surface area contributed by atoms with Crippen molar-refractivity contribution >= 4 is 15.9 Å². The number of hydrogen-bond donors (Lipinski definition) is 0. The number of rotatable bonds is 8. The molecule has 40 heavy (non-hydrogen) atoms. The number of fused-ring (bicyclic) bond motifs is 1. The Labute approximate surface area is 236 Å². The number of aryl methyl sites for hydroxylation is 1. The van der Waals surface area contributed by atoms with E-state index in [1.165, 1.54) is 10.4 Å². The Hall–Kier alpha value is -3.39. The summed E-state index contributed by atoms with van der Waals surface area (Å²) in [5.41, 5.74) is 2.43. The predicted octanol–water partition coefficient (Wildman–Crippen LogP) is 5.74. The van der Waals surface area contributed by atoms with Crippen molar-refractivity contribution in [3.05, 3.63) is 83.8 Å². The van der Waals surface area contributed by atoms with Crippen LogP contribution in [0.5, 0.6) is 5.75 Å². The third kappa shape index (κ3) is 4.46. The third-order valence-electron chi connectivity index (χ3n) is 9.66. The molecule has 2 saturated carbocycles. The second-order valence-electron chi connectivity index (χ2n) is 12.0. The van der Waals surface area contributed by atoms with Gasteiger partial charge in [-0.2, -0.15) is 0 Å². The molecule has 2 aliphatic carbocycles. The van der Waals surface area contributed by atoms with Gasteiger partial charge >= 0.3 is 0 Å². The third-order valence-corrected chi connectivity index (χ3v) is 11.6. The van der Waals surface area contributed by atoms with Crippen LogP contribution in [0.2, 0.25) is 0 Å². The maximum absolute atomic E-state index is 13.2.